The van der Waals surface area contributed by atoms with Crippen molar-refractivity contribution in [2.45, 2.75) is 27.7 Å². The molecular formula is C10H17N5. The molecule has 0 aliphatic carbocycles. The highest BCUT2D eigenvalue weighted by Gasteiger charge is 2.05. The van der Waals surface area contributed by atoms with Crippen LogP contribution in [0.5, 0.6) is 0 Å². The lowest BCUT2D eigenvalue weighted by atomic mass is 10.4. The average molecular weight is 207 g/mol. The minimum Gasteiger partial charge on any atom is -0.370 e. The number of aromatic amines is 1. The Morgan fingerprint density at radius 2 is 2.07 bits per heavy atom. The normalized spacial score (nSPS) is 9.60. The van der Waals surface area contributed by atoms with E-state index in [1.54, 1.807) is 6.20 Å². The fourth-order valence-electron chi connectivity index (χ4n) is 1.25. The molecule has 2 N–H and O–H groups in total. The lowest BCUT2D eigenvalue weighted by Gasteiger charge is -2.03. The van der Waals surface area contributed by atoms with E-state index in [1.165, 1.54) is 0 Å². The Hall–Kier alpha value is -1.65. The first kappa shape index (κ1) is 11.4. The summed E-state index contributed by atoms with van der Waals surface area (Å²) < 4.78 is 0. The van der Waals surface area contributed by atoms with Crippen LogP contribution in [0.4, 0.5) is 5.82 Å². The Morgan fingerprint density at radius 3 is 2.73 bits per heavy atom. The lowest BCUT2D eigenvalue weighted by molar-refractivity contribution is 1.04. The Bertz CT molecular complexity index is 421. The molecule has 2 aromatic rings. The number of hydrogen-bond donors (Lipinski definition) is 2. The van der Waals surface area contributed by atoms with Gasteiger partial charge in [-0.25, -0.2) is 9.97 Å². The molecule has 2 rings (SSSR count). The third kappa shape index (κ3) is 2.43. The fraction of sp³-hybridized carbons (Fsp3) is 0.500. The van der Waals surface area contributed by atoms with Crippen molar-refractivity contribution in [3.63, 3.8) is 0 Å². The van der Waals surface area contributed by atoms with Gasteiger partial charge in [0.1, 0.15) is 11.6 Å². The maximum atomic E-state index is 4.28. The third-order valence-electron chi connectivity index (χ3n) is 1.77. The van der Waals surface area contributed by atoms with E-state index >= 15 is 0 Å². The van der Waals surface area contributed by atoms with Gasteiger partial charge in [0.2, 0.25) is 0 Å². The number of rotatable bonds is 2. The zero-order chi connectivity index (χ0) is 11.3. The summed E-state index contributed by atoms with van der Waals surface area (Å²) in [6.07, 6.45) is 1.73. The summed E-state index contributed by atoms with van der Waals surface area (Å²) in [5, 5.41) is 10.8. The molecule has 0 spiro atoms. The second-order valence-electron chi connectivity index (χ2n) is 2.78. The van der Waals surface area contributed by atoms with Crippen molar-refractivity contribution < 1.29 is 0 Å². The molecule has 0 amide bonds. The molecule has 0 unspecified atom stereocenters. The summed E-state index contributed by atoms with van der Waals surface area (Å²) in [7, 11) is 0. The summed E-state index contributed by atoms with van der Waals surface area (Å²) >= 11 is 0. The fourth-order valence-corrected chi connectivity index (χ4v) is 1.25. The standard InChI is InChI=1S/C8H11N5.C2H6/c1-3-9-7-6-4-10-13-8(6)12-5(2)11-7;1-2/h4H,3H2,1-2H3,(H2,9,10,11,12,13);1-2H3. The Kier molecular flexibility index (Phi) is 4.03. The predicted molar refractivity (Wildman–Crippen MR) is 61.9 cm³/mol. The number of nitrogens with zero attached hydrogens (tertiary/aromatic N) is 3. The van der Waals surface area contributed by atoms with Crippen molar-refractivity contribution in [1.82, 2.24) is 20.2 Å². The molecule has 0 atom stereocenters. The van der Waals surface area contributed by atoms with E-state index in [1.807, 2.05) is 27.7 Å². The summed E-state index contributed by atoms with van der Waals surface area (Å²) in [5.74, 6) is 1.59. The Labute approximate surface area is 89.3 Å². The van der Waals surface area contributed by atoms with E-state index in [-0.39, 0.29) is 0 Å². The van der Waals surface area contributed by atoms with Gasteiger partial charge in [-0.15, -0.1) is 0 Å². The van der Waals surface area contributed by atoms with Crippen LogP contribution in [0.25, 0.3) is 11.0 Å². The molecule has 0 saturated heterocycles. The first-order chi connectivity index (χ1) is 7.31. The van der Waals surface area contributed by atoms with Crippen molar-refractivity contribution in [2.75, 3.05) is 11.9 Å². The first-order valence-corrected chi connectivity index (χ1v) is 5.23. The van der Waals surface area contributed by atoms with Crippen LogP contribution >= 0.6 is 0 Å². The van der Waals surface area contributed by atoms with Crippen molar-refractivity contribution in [2.24, 2.45) is 0 Å². The minimum atomic E-state index is 0.743. The van der Waals surface area contributed by atoms with Gasteiger partial charge < -0.3 is 5.32 Å². The van der Waals surface area contributed by atoms with Gasteiger partial charge in [-0.05, 0) is 13.8 Å². The van der Waals surface area contributed by atoms with Crippen LogP contribution in [0.3, 0.4) is 0 Å². The molecule has 0 aliphatic heterocycles. The summed E-state index contributed by atoms with van der Waals surface area (Å²) in [6, 6.07) is 0. The molecule has 0 bridgehead atoms. The molecule has 0 aromatic carbocycles. The van der Waals surface area contributed by atoms with Gasteiger partial charge in [0.25, 0.3) is 0 Å². The van der Waals surface area contributed by atoms with Gasteiger partial charge in [0, 0.05) is 6.54 Å². The first-order valence-electron chi connectivity index (χ1n) is 5.23. The molecule has 0 radical (unpaired) electrons. The topological polar surface area (TPSA) is 66.5 Å². The molecule has 0 fully saturated rings. The minimum absolute atomic E-state index is 0.743. The number of aromatic nitrogens is 4. The summed E-state index contributed by atoms with van der Waals surface area (Å²) in [6.45, 7) is 8.74. The van der Waals surface area contributed by atoms with Crippen LogP contribution in [-0.4, -0.2) is 26.7 Å². The average Bonchev–Trinajstić information content (AvgIpc) is 2.69. The predicted octanol–water partition coefficient (Wildman–Crippen LogP) is 2.12. The third-order valence-corrected chi connectivity index (χ3v) is 1.77. The van der Waals surface area contributed by atoms with Crippen molar-refractivity contribution >= 4 is 16.9 Å². The maximum absolute atomic E-state index is 4.28. The molecule has 2 heterocycles. The van der Waals surface area contributed by atoms with Crippen LogP contribution in [0.15, 0.2) is 6.20 Å². The summed E-state index contributed by atoms with van der Waals surface area (Å²) in [5.41, 5.74) is 0.781. The van der Waals surface area contributed by atoms with E-state index < -0.39 is 0 Å². The molecule has 0 saturated carbocycles. The molecule has 5 heteroatoms. The van der Waals surface area contributed by atoms with Gasteiger partial charge >= 0.3 is 0 Å². The number of nitrogens with one attached hydrogen (secondary N) is 2. The Balaban J connectivity index is 0.000000531. The Morgan fingerprint density at radius 1 is 1.33 bits per heavy atom. The van der Waals surface area contributed by atoms with Crippen molar-refractivity contribution in [3.8, 4) is 0 Å². The largest absolute Gasteiger partial charge is 0.370 e. The van der Waals surface area contributed by atoms with Crippen LogP contribution < -0.4 is 5.32 Å². The van der Waals surface area contributed by atoms with E-state index in [0.717, 1.165) is 29.2 Å². The highest BCUT2D eigenvalue weighted by atomic mass is 15.2. The van der Waals surface area contributed by atoms with Gasteiger partial charge in [-0.1, -0.05) is 13.8 Å². The molecule has 15 heavy (non-hydrogen) atoms. The molecule has 0 aliphatic rings. The number of aryl methyl sites for hydroxylation is 1. The monoisotopic (exact) mass is 207 g/mol. The van der Waals surface area contributed by atoms with Crippen LogP contribution in [0, 0.1) is 6.92 Å². The van der Waals surface area contributed by atoms with Crippen LogP contribution in [0.1, 0.15) is 26.6 Å². The lowest BCUT2D eigenvalue weighted by Crippen LogP contribution is -2.01. The smallest absolute Gasteiger partial charge is 0.161 e. The van der Waals surface area contributed by atoms with Gasteiger partial charge in [0.15, 0.2) is 5.65 Å². The number of fused-ring (bicyclic) bond motifs is 1. The van der Waals surface area contributed by atoms with Crippen LogP contribution in [0.2, 0.25) is 0 Å². The second kappa shape index (κ2) is 5.29. The van der Waals surface area contributed by atoms with Crippen LogP contribution in [-0.2, 0) is 0 Å². The van der Waals surface area contributed by atoms with E-state index in [4.69, 9.17) is 0 Å². The van der Waals surface area contributed by atoms with Crippen molar-refractivity contribution in [3.05, 3.63) is 12.0 Å². The number of hydrogen-bond acceptors (Lipinski definition) is 4. The van der Waals surface area contributed by atoms with Gasteiger partial charge in [-0.3, -0.25) is 5.10 Å². The number of anilines is 1. The number of H-pyrrole nitrogens is 1. The summed E-state index contributed by atoms with van der Waals surface area (Å²) in [4.78, 5) is 8.49. The second-order valence-corrected chi connectivity index (χ2v) is 2.78. The quantitative estimate of drug-likeness (QED) is 0.791. The van der Waals surface area contributed by atoms with E-state index in [2.05, 4.69) is 25.5 Å². The van der Waals surface area contributed by atoms with Gasteiger partial charge in [0.05, 0.1) is 11.6 Å². The van der Waals surface area contributed by atoms with Gasteiger partial charge in [-0.2, -0.15) is 5.10 Å². The molecule has 5 nitrogen and oxygen atoms in total. The van der Waals surface area contributed by atoms with E-state index in [9.17, 15) is 0 Å². The van der Waals surface area contributed by atoms with Crippen molar-refractivity contribution in [1.29, 1.82) is 0 Å². The molecule has 2 aromatic heterocycles. The highest BCUT2D eigenvalue weighted by molar-refractivity contribution is 5.85. The molecule has 82 valence electrons. The SMILES string of the molecule is CC.CCNc1nc(C)nc2[nH]ncc12. The molecular weight excluding hydrogens is 190 g/mol. The highest BCUT2D eigenvalue weighted by Crippen LogP contribution is 2.16. The zero-order valence-corrected chi connectivity index (χ0v) is 9.63. The van der Waals surface area contributed by atoms with E-state index in [0.29, 0.717) is 0 Å². The zero-order valence-electron chi connectivity index (χ0n) is 9.63. The maximum Gasteiger partial charge on any atom is 0.161 e.